The smallest absolute Gasteiger partial charge is 0.422 e. The van der Waals surface area contributed by atoms with E-state index in [-0.39, 0.29) is 0 Å². The van der Waals surface area contributed by atoms with Crippen molar-refractivity contribution in [2.45, 2.75) is 0 Å². The quantitative estimate of drug-likeness (QED) is 0.567. The number of rotatable bonds is 0. The van der Waals surface area contributed by atoms with Crippen LogP contribution in [0.1, 0.15) is 0 Å². The number of hydrogen-bond acceptors (Lipinski definition) is 3. The Balaban J connectivity index is 3.04. The lowest BCUT2D eigenvalue weighted by Crippen LogP contribution is -2.09. The second kappa shape index (κ2) is 1.88. The molecule has 4 heteroatoms. The molecule has 0 spiro atoms. The summed E-state index contributed by atoms with van der Waals surface area (Å²) < 4.78 is 5.14. The Morgan fingerprint density at radius 3 is 2.82 bits per heavy atom. The number of benzene rings is 1. The van der Waals surface area contributed by atoms with Gasteiger partial charge >= 0.3 is 5.76 Å². The van der Waals surface area contributed by atoms with Gasteiger partial charge in [-0.3, -0.25) is 0 Å². The molecule has 0 bridgehead atoms. The molecule has 0 fully saturated rings. The molecule has 0 amide bonds. The first-order valence-corrected chi connectivity index (χ1v) is 3.09. The van der Waals surface area contributed by atoms with E-state index in [1.807, 2.05) is 0 Å². The van der Waals surface area contributed by atoms with Crippen molar-refractivity contribution >= 4 is 11.1 Å². The van der Waals surface area contributed by atoms with Crippen molar-refractivity contribution in [1.29, 1.82) is 0 Å². The van der Waals surface area contributed by atoms with Crippen LogP contribution in [0.25, 0.3) is 11.1 Å². The van der Waals surface area contributed by atoms with E-state index in [4.69, 9.17) is 5.21 Å². The highest BCUT2D eigenvalue weighted by molar-refractivity contribution is 5.71. The molecule has 1 heterocycles. The zero-order valence-corrected chi connectivity index (χ0v) is 5.52. The van der Waals surface area contributed by atoms with Crippen molar-refractivity contribution < 1.29 is 9.62 Å². The van der Waals surface area contributed by atoms with Crippen molar-refractivity contribution in [2.24, 2.45) is 0 Å². The van der Waals surface area contributed by atoms with Crippen LogP contribution in [-0.4, -0.2) is 9.94 Å². The fraction of sp³-hybridized carbons (Fsp3) is 0. The summed E-state index contributed by atoms with van der Waals surface area (Å²) in [7, 11) is 0. The molecule has 2 rings (SSSR count). The maximum Gasteiger partial charge on any atom is 0.453 e. The van der Waals surface area contributed by atoms with Crippen molar-refractivity contribution in [2.75, 3.05) is 0 Å². The van der Waals surface area contributed by atoms with Gasteiger partial charge in [-0.1, -0.05) is 12.1 Å². The first-order chi connectivity index (χ1) is 5.29. The Morgan fingerprint density at radius 2 is 2.09 bits per heavy atom. The summed E-state index contributed by atoms with van der Waals surface area (Å²) in [6, 6.07) is 6.65. The number of oxazole rings is 1. The summed E-state index contributed by atoms with van der Waals surface area (Å²) in [4.78, 5) is 10.7. The lowest BCUT2D eigenvalue weighted by molar-refractivity contribution is 0.172. The summed E-state index contributed by atoms with van der Waals surface area (Å²) in [6.45, 7) is 0. The third-order valence-electron chi connectivity index (χ3n) is 1.46. The largest absolute Gasteiger partial charge is 0.453 e. The molecular weight excluding hydrogens is 146 g/mol. The van der Waals surface area contributed by atoms with Gasteiger partial charge in [0.2, 0.25) is 0 Å². The molecule has 1 N–H and O–H groups in total. The molecule has 0 aliphatic rings. The number of hydrogen-bond donors (Lipinski definition) is 1. The van der Waals surface area contributed by atoms with Gasteiger partial charge < -0.3 is 9.62 Å². The lowest BCUT2D eigenvalue weighted by atomic mass is 10.3. The zero-order chi connectivity index (χ0) is 7.84. The maximum absolute atomic E-state index is 10.7. The molecule has 56 valence electrons. The third kappa shape index (κ3) is 0.724. The molecule has 0 unspecified atom stereocenters. The van der Waals surface area contributed by atoms with Crippen LogP contribution in [0, 0.1) is 0 Å². The Hall–Kier alpha value is -1.71. The van der Waals surface area contributed by atoms with Gasteiger partial charge in [0.1, 0.15) is 5.52 Å². The van der Waals surface area contributed by atoms with Crippen LogP contribution in [-0.2, 0) is 0 Å². The van der Waals surface area contributed by atoms with Gasteiger partial charge in [0.05, 0.1) is 0 Å². The monoisotopic (exact) mass is 151 g/mol. The highest BCUT2D eigenvalue weighted by Crippen LogP contribution is 2.08. The SMILES string of the molecule is O=c1oc2ccccc2n1O. The molecule has 0 radical (unpaired) electrons. The third-order valence-corrected chi connectivity index (χ3v) is 1.46. The minimum absolute atomic E-state index is 0.387. The molecule has 0 atom stereocenters. The summed E-state index contributed by atoms with van der Waals surface area (Å²) in [5.41, 5.74) is 0.775. The highest BCUT2D eigenvalue weighted by atomic mass is 16.5. The molecule has 1 aromatic heterocycles. The van der Waals surface area contributed by atoms with Crippen LogP contribution in [0.5, 0.6) is 0 Å². The van der Waals surface area contributed by atoms with Gasteiger partial charge in [0.15, 0.2) is 5.58 Å². The predicted octanol–water partition coefficient (Wildman–Crippen LogP) is 0.832. The summed E-state index contributed by atoms with van der Waals surface area (Å²) >= 11 is 0. The minimum atomic E-state index is -0.758. The van der Waals surface area contributed by atoms with Crippen molar-refractivity contribution in [3.05, 3.63) is 34.8 Å². The maximum atomic E-state index is 10.7. The van der Waals surface area contributed by atoms with Gasteiger partial charge in [-0.15, -0.1) is 4.73 Å². The second-order valence-corrected chi connectivity index (χ2v) is 2.15. The first kappa shape index (κ1) is 6.03. The molecule has 11 heavy (non-hydrogen) atoms. The van der Waals surface area contributed by atoms with Crippen LogP contribution >= 0.6 is 0 Å². The van der Waals surface area contributed by atoms with E-state index in [0.717, 1.165) is 0 Å². The summed E-state index contributed by atoms with van der Waals surface area (Å²) in [5, 5.41) is 9.01. The van der Waals surface area contributed by atoms with E-state index in [2.05, 4.69) is 4.42 Å². The van der Waals surface area contributed by atoms with Crippen molar-refractivity contribution in [1.82, 2.24) is 4.73 Å². The minimum Gasteiger partial charge on any atom is -0.422 e. The second-order valence-electron chi connectivity index (χ2n) is 2.15. The van der Waals surface area contributed by atoms with Crippen LogP contribution in [0.2, 0.25) is 0 Å². The summed E-state index contributed by atoms with van der Waals surface area (Å²) in [5.74, 6) is -0.758. The highest BCUT2D eigenvalue weighted by Gasteiger charge is 2.04. The van der Waals surface area contributed by atoms with Gasteiger partial charge in [-0.2, -0.15) is 0 Å². The zero-order valence-electron chi connectivity index (χ0n) is 5.52. The summed E-state index contributed by atoms with van der Waals surface area (Å²) in [6.07, 6.45) is 0. The Morgan fingerprint density at radius 1 is 1.36 bits per heavy atom. The molecule has 0 saturated carbocycles. The van der Waals surface area contributed by atoms with E-state index < -0.39 is 5.76 Å². The average Bonchev–Trinajstić information content (AvgIpc) is 2.30. The van der Waals surface area contributed by atoms with Crippen molar-refractivity contribution in [3.8, 4) is 0 Å². The Labute approximate surface area is 61.2 Å². The number of nitrogens with zero attached hydrogens (tertiary/aromatic N) is 1. The van der Waals surface area contributed by atoms with Gasteiger partial charge in [0, 0.05) is 0 Å². The molecule has 0 saturated heterocycles. The Bertz CT molecular complexity index is 440. The molecule has 4 nitrogen and oxygen atoms in total. The topological polar surface area (TPSA) is 55.4 Å². The normalized spacial score (nSPS) is 10.5. The van der Waals surface area contributed by atoms with E-state index >= 15 is 0 Å². The number of aromatic nitrogens is 1. The first-order valence-electron chi connectivity index (χ1n) is 3.09. The molecule has 0 aliphatic heterocycles. The van der Waals surface area contributed by atoms with E-state index in [1.165, 1.54) is 0 Å². The number of para-hydroxylation sites is 2. The molecule has 1 aromatic carbocycles. The van der Waals surface area contributed by atoms with Crippen LogP contribution in [0.3, 0.4) is 0 Å². The van der Waals surface area contributed by atoms with Crippen molar-refractivity contribution in [3.63, 3.8) is 0 Å². The van der Waals surface area contributed by atoms with Crippen LogP contribution in [0.15, 0.2) is 33.5 Å². The molecule has 0 aliphatic carbocycles. The van der Waals surface area contributed by atoms with Crippen LogP contribution < -0.4 is 5.76 Å². The van der Waals surface area contributed by atoms with Gasteiger partial charge in [-0.25, -0.2) is 4.79 Å². The fourth-order valence-electron chi connectivity index (χ4n) is 0.954. The molecule has 2 aromatic rings. The van der Waals surface area contributed by atoms with E-state index in [9.17, 15) is 4.79 Å². The van der Waals surface area contributed by atoms with Crippen LogP contribution in [0.4, 0.5) is 0 Å². The fourth-order valence-corrected chi connectivity index (χ4v) is 0.954. The predicted molar refractivity (Wildman–Crippen MR) is 37.7 cm³/mol. The average molecular weight is 151 g/mol. The van der Waals surface area contributed by atoms with Gasteiger partial charge in [0.25, 0.3) is 0 Å². The molecular formula is C7H5NO3. The Kier molecular flexibility index (Phi) is 1.03. The number of fused-ring (bicyclic) bond motifs is 1. The lowest BCUT2D eigenvalue weighted by Gasteiger charge is -1.85. The van der Waals surface area contributed by atoms with E-state index in [1.54, 1.807) is 24.3 Å². The van der Waals surface area contributed by atoms with Gasteiger partial charge in [-0.05, 0) is 12.1 Å². The standard InChI is InChI=1S/C7H5NO3/c9-7-8(10)5-3-1-2-4-6(5)11-7/h1-4,10H. The van der Waals surface area contributed by atoms with E-state index in [0.29, 0.717) is 15.8 Å².